The zero-order valence-corrected chi connectivity index (χ0v) is 21.7. The van der Waals surface area contributed by atoms with Crippen molar-refractivity contribution in [1.29, 1.82) is 0 Å². The smallest absolute Gasteiger partial charge is 0.129 e. The summed E-state index contributed by atoms with van der Waals surface area (Å²) in [4.78, 5) is 13.3. The summed E-state index contributed by atoms with van der Waals surface area (Å²) >= 11 is 6.14. The van der Waals surface area contributed by atoms with Crippen LogP contribution in [0.2, 0.25) is 5.02 Å². The minimum absolute atomic E-state index is 0.275. The Kier molecular flexibility index (Phi) is 7.22. The van der Waals surface area contributed by atoms with E-state index in [2.05, 4.69) is 52.0 Å². The summed E-state index contributed by atoms with van der Waals surface area (Å²) in [6.45, 7) is 3.57. The molecule has 7 heteroatoms. The number of aromatic amines is 1. The number of hydrogen-bond donors (Lipinski definition) is 3. The highest BCUT2D eigenvalue weighted by molar-refractivity contribution is 6.31. The first kappa shape index (κ1) is 24.2. The molecule has 190 valence electrons. The number of ether oxygens (including phenoxy) is 1. The highest BCUT2D eigenvalue weighted by atomic mass is 35.5. The summed E-state index contributed by atoms with van der Waals surface area (Å²) in [5, 5.41) is 10.4. The maximum atomic E-state index is 6.17. The fourth-order valence-corrected chi connectivity index (χ4v) is 5.50. The molecule has 6 rings (SSSR count). The van der Waals surface area contributed by atoms with E-state index in [1.807, 2.05) is 24.3 Å². The predicted octanol–water partition coefficient (Wildman–Crippen LogP) is 6.33. The van der Waals surface area contributed by atoms with Crippen LogP contribution in [-0.2, 0) is 6.42 Å². The van der Waals surface area contributed by atoms with Crippen LogP contribution in [0.3, 0.4) is 0 Å². The van der Waals surface area contributed by atoms with Gasteiger partial charge >= 0.3 is 0 Å². The van der Waals surface area contributed by atoms with Gasteiger partial charge in [-0.3, -0.25) is 0 Å². The fraction of sp³-hybridized carbons (Fsp3) is 0.333. The molecule has 2 aromatic heterocycles. The molecule has 1 unspecified atom stereocenters. The van der Waals surface area contributed by atoms with Crippen molar-refractivity contribution in [2.75, 3.05) is 26.2 Å². The number of aromatic nitrogens is 3. The van der Waals surface area contributed by atoms with Crippen LogP contribution in [0.25, 0.3) is 32.8 Å². The Hall–Kier alpha value is -3.19. The van der Waals surface area contributed by atoms with Crippen molar-refractivity contribution in [1.82, 2.24) is 25.6 Å². The lowest BCUT2D eigenvalue weighted by molar-refractivity contribution is 0.311. The molecule has 1 aliphatic rings. The number of nitrogens with one attached hydrogen (secondary N) is 3. The first-order valence-corrected chi connectivity index (χ1v) is 13.7. The Morgan fingerprint density at radius 3 is 2.78 bits per heavy atom. The number of rotatable bonds is 10. The van der Waals surface area contributed by atoms with Gasteiger partial charge in [0.2, 0.25) is 0 Å². The number of benzene rings is 3. The molecular weight excluding hydrogens is 482 g/mol. The van der Waals surface area contributed by atoms with Gasteiger partial charge in [-0.2, -0.15) is 0 Å². The average Bonchev–Trinajstić information content (AvgIpc) is 3.30. The maximum Gasteiger partial charge on any atom is 0.129 e. The molecule has 0 spiro atoms. The standard InChI is InChI=1S/C30H32ClN5O/c31-20-13-14-23-27(19-20)35-26-11-3-10-25(30(26)36-23)33-17-5-15-32-16-6-18-37-28-12-4-9-24-29(28)21-7-1-2-8-22(21)34-24/h1-2,4,7-9,12-14,19,25,32-34H,3,5-6,10-11,15-18H2. The molecule has 1 aliphatic carbocycles. The van der Waals surface area contributed by atoms with Gasteiger partial charge in [0.1, 0.15) is 5.75 Å². The summed E-state index contributed by atoms with van der Waals surface area (Å²) in [5.41, 5.74) is 6.29. The lowest BCUT2D eigenvalue weighted by Gasteiger charge is -2.25. The monoisotopic (exact) mass is 513 g/mol. The fourth-order valence-electron chi connectivity index (χ4n) is 5.33. The second-order valence-electron chi connectivity index (χ2n) is 9.74. The van der Waals surface area contributed by atoms with Crippen LogP contribution in [0.15, 0.2) is 60.7 Å². The first-order valence-electron chi connectivity index (χ1n) is 13.3. The molecule has 37 heavy (non-hydrogen) atoms. The molecule has 3 aromatic carbocycles. The molecule has 0 bridgehead atoms. The van der Waals surface area contributed by atoms with E-state index in [-0.39, 0.29) is 6.04 Å². The molecule has 1 atom stereocenters. The van der Waals surface area contributed by atoms with Gasteiger partial charge in [0.05, 0.1) is 40.6 Å². The highest BCUT2D eigenvalue weighted by Crippen LogP contribution is 2.33. The van der Waals surface area contributed by atoms with Crippen LogP contribution in [-0.4, -0.2) is 41.2 Å². The van der Waals surface area contributed by atoms with E-state index >= 15 is 0 Å². The van der Waals surface area contributed by atoms with Gasteiger partial charge in [-0.05, 0) is 88.1 Å². The summed E-state index contributed by atoms with van der Waals surface area (Å²) in [7, 11) is 0. The van der Waals surface area contributed by atoms with Gasteiger partial charge < -0.3 is 20.4 Å². The van der Waals surface area contributed by atoms with Crippen molar-refractivity contribution in [2.24, 2.45) is 0 Å². The van der Waals surface area contributed by atoms with Crippen molar-refractivity contribution in [3.05, 3.63) is 77.1 Å². The minimum atomic E-state index is 0.275. The molecule has 0 radical (unpaired) electrons. The number of aryl methyl sites for hydroxylation is 1. The van der Waals surface area contributed by atoms with E-state index in [1.54, 1.807) is 0 Å². The normalized spacial score (nSPS) is 15.4. The van der Waals surface area contributed by atoms with E-state index in [1.165, 1.54) is 10.8 Å². The predicted molar refractivity (Wildman–Crippen MR) is 152 cm³/mol. The van der Waals surface area contributed by atoms with Crippen molar-refractivity contribution in [2.45, 2.75) is 38.1 Å². The topological polar surface area (TPSA) is 74.9 Å². The molecule has 3 N–H and O–H groups in total. The van der Waals surface area contributed by atoms with Crippen LogP contribution in [0.5, 0.6) is 5.75 Å². The molecule has 6 nitrogen and oxygen atoms in total. The largest absolute Gasteiger partial charge is 0.493 e. The summed E-state index contributed by atoms with van der Waals surface area (Å²) in [6, 6.07) is 20.6. The van der Waals surface area contributed by atoms with Gasteiger partial charge in [0.15, 0.2) is 0 Å². The van der Waals surface area contributed by atoms with Gasteiger partial charge in [-0.25, -0.2) is 9.97 Å². The minimum Gasteiger partial charge on any atom is -0.493 e. The van der Waals surface area contributed by atoms with Crippen LogP contribution in [0, 0.1) is 0 Å². The van der Waals surface area contributed by atoms with Gasteiger partial charge in [-0.1, -0.05) is 35.9 Å². The first-order chi connectivity index (χ1) is 18.3. The second-order valence-corrected chi connectivity index (χ2v) is 10.2. The average molecular weight is 514 g/mol. The third-order valence-corrected chi connectivity index (χ3v) is 7.37. The Morgan fingerprint density at radius 1 is 0.919 bits per heavy atom. The molecule has 0 aliphatic heterocycles. The van der Waals surface area contributed by atoms with E-state index in [0.717, 1.165) is 90.9 Å². The third-order valence-electron chi connectivity index (χ3n) is 7.13. The summed E-state index contributed by atoms with van der Waals surface area (Å²) in [6.07, 6.45) is 5.26. The number of hydrogen-bond acceptors (Lipinski definition) is 5. The summed E-state index contributed by atoms with van der Waals surface area (Å²) in [5.74, 6) is 0.950. The number of nitrogens with zero attached hydrogens (tertiary/aromatic N) is 2. The Morgan fingerprint density at radius 2 is 1.81 bits per heavy atom. The van der Waals surface area contributed by atoms with E-state index in [9.17, 15) is 0 Å². The Balaban J connectivity index is 0.934. The highest BCUT2D eigenvalue weighted by Gasteiger charge is 2.23. The maximum absolute atomic E-state index is 6.17. The lowest BCUT2D eigenvalue weighted by Crippen LogP contribution is -2.29. The molecule has 0 saturated carbocycles. The van der Waals surface area contributed by atoms with Crippen LogP contribution in [0.1, 0.15) is 43.1 Å². The summed E-state index contributed by atoms with van der Waals surface area (Å²) < 4.78 is 6.17. The number of para-hydroxylation sites is 1. The molecule has 5 aromatic rings. The zero-order valence-electron chi connectivity index (χ0n) is 20.9. The zero-order chi connectivity index (χ0) is 25.0. The van der Waals surface area contributed by atoms with E-state index in [4.69, 9.17) is 26.3 Å². The molecule has 0 saturated heterocycles. The van der Waals surface area contributed by atoms with Gasteiger partial charge in [-0.15, -0.1) is 0 Å². The number of H-pyrrole nitrogens is 1. The van der Waals surface area contributed by atoms with Crippen molar-refractivity contribution in [3.63, 3.8) is 0 Å². The quantitative estimate of drug-likeness (QED) is 0.190. The Bertz CT molecular complexity index is 1530. The lowest BCUT2D eigenvalue weighted by atomic mass is 9.95. The van der Waals surface area contributed by atoms with E-state index < -0.39 is 0 Å². The Labute approximate surface area is 221 Å². The SMILES string of the molecule is Clc1ccc2nc3c(nc2c1)CCCC3NCCCNCCCOc1cccc2[nH]c3ccccc3c12. The van der Waals surface area contributed by atoms with Crippen LogP contribution in [0.4, 0.5) is 0 Å². The molecule has 0 amide bonds. The van der Waals surface area contributed by atoms with Gasteiger partial charge in [0.25, 0.3) is 0 Å². The van der Waals surface area contributed by atoms with Crippen molar-refractivity contribution >= 4 is 44.4 Å². The van der Waals surface area contributed by atoms with Crippen LogP contribution < -0.4 is 15.4 Å². The molecule has 0 fully saturated rings. The van der Waals surface area contributed by atoms with Crippen LogP contribution >= 0.6 is 11.6 Å². The van der Waals surface area contributed by atoms with Crippen molar-refractivity contribution < 1.29 is 4.74 Å². The van der Waals surface area contributed by atoms with E-state index in [0.29, 0.717) is 11.6 Å². The second kappa shape index (κ2) is 11.1. The van der Waals surface area contributed by atoms with Gasteiger partial charge in [0, 0.05) is 21.3 Å². The number of halogens is 1. The van der Waals surface area contributed by atoms with Crippen molar-refractivity contribution in [3.8, 4) is 5.75 Å². The molecule has 2 heterocycles. The third kappa shape index (κ3) is 5.28. The molecular formula is C30H32ClN5O. The number of fused-ring (bicyclic) bond motifs is 5.